The lowest BCUT2D eigenvalue weighted by molar-refractivity contribution is -0.321. The maximum atomic E-state index is 13.1. The number of hydrogen-bond acceptors (Lipinski definition) is 11. The Balaban J connectivity index is 1.84. The molecule has 14 nitrogen and oxygen atoms in total. The summed E-state index contributed by atoms with van der Waals surface area (Å²) in [7, 11) is 1.18. The Labute approximate surface area is 205 Å². The topological polar surface area (TPSA) is 213 Å². The summed E-state index contributed by atoms with van der Waals surface area (Å²) in [6, 6.07) is 4.71. The number of carbonyl (C=O) groups excluding carboxylic acids is 2. The van der Waals surface area contributed by atoms with Crippen molar-refractivity contribution in [2.75, 3.05) is 25.6 Å². The Hall–Kier alpha value is -2.69. The number of aliphatic hydroxyl groups excluding tert-OH is 4. The first-order valence-corrected chi connectivity index (χ1v) is 11.1. The molecule has 2 heterocycles. The van der Waals surface area contributed by atoms with Crippen LogP contribution in [0, 0.1) is 0 Å². The fraction of sp³-hybridized carbons (Fsp3) is 0.591. The second-order valence-corrected chi connectivity index (χ2v) is 8.40. The van der Waals surface area contributed by atoms with Crippen molar-refractivity contribution < 1.29 is 58.9 Å². The molecule has 0 saturated carbocycles. The number of amides is 2. The molecule has 2 saturated heterocycles. The fourth-order valence-corrected chi connectivity index (χ4v) is 4.15. The normalized spacial score (nSPS) is 34.6. The summed E-state index contributed by atoms with van der Waals surface area (Å²) < 4.78 is 21.9. The second-order valence-electron chi connectivity index (χ2n) is 8.40. The van der Waals surface area contributed by atoms with Gasteiger partial charge in [0.1, 0.15) is 36.6 Å². The van der Waals surface area contributed by atoms with Gasteiger partial charge in [0, 0.05) is 14.0 Å². The van der Waals surface area contributed by atoms with Crippen LogP contribution in [0.1, 0.15) is 17.3 Å². The van der Waals surface area contributed by atoms with Gasteiger partial charge in [-0.1, -0.05) is 12.1 Å². The molecule has 7 N–H and O–H groups in total. The van der Waals surface area contributed by atoms with Crippen LogP contribution in [-0.2, 0) is 28.5 Å². The van der Waals surface area contributed by atoms with Gasteiger partial charge < -0.3 is 55.1 Å². The molecule has 0 radical (unpaired) electrons. The molecule has 14 heteroatoms. The third-order valence-corrected chi connectivity index (χ3v) is 5.95. The number of aliphatic hydroxyl groups is 4. The molecule has 0 aromatic heterocycles. The van der Waals surface area contributed by atoms with Gasteiger partial charge in [0.15, 0.2) is 12.4 Å². The summed E-state index contributed by atoms with van der Waals surface area (Å²) in [6.45, 7) is 0.522. The summed E-state index contributed by atoms with van der Waals surface area (Å²) in [5.41, 5.74) is -0.231. The molecule has 0 unspecified atom stereocenters. The molecular formula is C22H30N2O12. The number of para-hydroxylation sites is 1. The zero-order chi connectivity index (χ0) is 26.6. The molecule has 200 valence electrons. The van der Waals surface area contributed by atoms with Crippen LogP contribution in [0.4, 0.5) is 5.69 Å². The van der Waals surface area contributed by atoms with E-state index in [2.05, 4.69) is 10.6 Å². The number of carbonyl (C=O) groups is 3. The molecule has 1 aromatic rings. The van der Waals surface area contributed by atoms with Crippen LogP contribution in [0.25, 0.3) is 0 Å². The smallest absolute Gasteiger partial charge is 0.337 e. The molecule has 0 aliphatic carbocycles. The van der Waals surface area contributed by atoms with E-state index in [1.807, 2.05) is 0 Å². The summed E-state index contributed by atoms with van der Waals surface area (Å²) in [6.07, 6.45) is -11.9. The van der Waals surface area contributed by atoms with Crippen LogP contribution in [0.5, 0.6) is 0 Å². The van der Waals surface area contributed by atoms with Crippen molar-refractivity contribution in [1.29, 1.82) is 0 Å². The van der Waals surface area contributed by atoms with Crippen molar-refractivity contribution in [1.82, 2.24) is 5.32 Å². The molecule has 0 bridgehead atoms. The molecule has 2 fully saturated rings. The van der Waals surface area contributed by atoms with Crippen LogP contribution in [0.15, 0.2) is 24.3 Å². The fourth-order valence-electron chi connectivity index (χ4n) is 4.15. The number of carboxylic acid groups (broad SMARTS) is 1. The largest absolute Gasteiger partial charge is 0.478 e. The van der Waals surface area contributed by atoms with Crippen LogP contribution < -0.4 is 10.6 Å². The minimum Gasteiger partial charge on any atom is -0.478 e. The van der Waals surface area contributed by atoms with Crippen molar-refractivity contribution in [3.63, 3.8) is 0 Å². The number of aromatic carboxylic acids is 1. The Kier molecular flexibility index (Phi) is 9.32. The first-order chi connectivity index (χ1) is 17.1. The summed E-state index contributed by atoms with van der Waals surface area (Å²) in [5, 5.41) is 55.7. The van der Waals surface area contributed by atoms with Gasteiger partial charge in [-0.15, -0.1) is 0 Å². The van der Waals surface area contributed by atoms with E-state index in [1.54, 1.807) is 0 Å². The monoisotopic (exact) mass is 514 g/mol. The van der Waals surface area contributed by atoms with Crippen LogP contribution >= 0.6 is 0 Å². The zero-order valence-electron chi connectivity index (χ0n) is 19.5. The first-order valence-electron chi connectivity index (χ1n) is 11.1. The molecule has 2 amide bonds. The van der Waals surface area contributed by atoms with Crippen molar-refractivity contribution in [2.45, 2.75) is 62.0 Å². The number of benzene rings is 1. The Morgan fingerprint density at radius 2 is 1.78 bits per heavy atom. The first kappa shape index (κ1) is 27.9. The number of anilines is 1. The third-order valence-electron chi connectivity index (χ3n) is 5.95. The molecule has 0 spiro atoms. The van der Waals surface area contributed by atoms with Gasteiger partial charge in [-0.3, -0.25) is 9.59 Å². The number of rotatable bonds is 8. The Morgan fingerprint density at radius 3 is 2.39 bits per heavy atom. The van der Waals surface area contributed by atoms with E-state index < -0.39 is 79.5 Å². The van der Waals surface area contributed by atoms with Gasteiger partial charge in [-0.2, -0.15) is 0 Å². The number of ether oxygens (including phenoxy) is 4. The highest BCUT2D eigenvalue weighted by Gasteiger charge is 2.51. The van der Waals surface area contributed by atoms with Gasteiger partial charge in [-0.05, 0) is 12.1 Å². The summed E-state index contributed by atoms with van der Waals surface area (Å²) >= 11 is 0. The summed E-state index contributed by atoms with van der Waals surface area (Å²) in [4.78, 5) is 36.1. The molecule has 3 rings (SSSR count). The standard InChI is InChI=1S/C22H30N2O12/c1-9(26)23-12-8-34-13(7-25)14(27)17(12)35-22-16(29)15(28)18(33-2)19(36-22)20(30)24-11-6-4-3-5-10(11)21(31)32/h3-6,12-19,22,25,27-29H,7-8H2,1-2H3,(H,23,26)(H,24,30)(H,31,32)/t12-,13+,14+,15+,16+,17+,18-,19-,22+/m0/s1. The number of carboxylic acids is 1. The molecule has 2 aliphatic heterocycles. The Bertz CT molecular complexity index is 945. The van der Waals surface area contributed by atoms with E-state index in [4.69, 9.17) is 18.9 Å². The lowest BCUT2D eigenvalue weighted by Crippen LogP contribution is -2.66. The third kappa shape index (κ3) is 5.99. The Morgan fingerprint density at radius 1 is 1.08 bits per heavy atom. The van der Waals surface area contributed by atoms with Crippen molar-refractivity contribution in [3.8, 4) is 0 Å². The predicted octanol–water partition coefficient (Wildman–Crippen LogP) is -2.57. The molecule has 36 heavy (non-hydrogen) atoms. The number of nitrogens with one attached hydrogen (secondary N) is 2. The van der Waals surface area contributed by atoms with Gasteiger partial charge in [0.2, 0.25) is 5.91 Å². The van der Waals surface area contributed by atoms with E-state index in [-0.39, 0.29) is 17.9 Å². The quantitative estimate of drug-likeness (QED) is 0.191. The van der Waals surface area contributed by atoms with Gasteiger partial charge >= 0.3 is 5.97 Å². The van der Waals surface area contributed by atoms with E-state index in [0.29, 0.717) is 0 Å². The van der Waals surface area contributed by atoms with Gasteiger partial charge in [0.05, 0.1) is 30.5 Å². The van der Waals surface area contributed by atoms with E-state index >= 15 is 0 Å². The molecule has 9 atom stereocenters. The highest BCUT2D eigenvalue weighted by molar-refractivity contribution is 6.02. The molecule has 1 aromatic carbocycles. The minimum absolute atomic E-state index is 0.0390. The van der Waals surface area contributed by atoms with Crippen molar-refractivity contribution >= 4 is 23.5 Å². The SMILES string of the molecule is CO[C@H]1[C@H](O)[C@@H](O)[C@H](O[C@H]2[C@H](O)[C@@H](CO)OC[C@@H]2NC(C)=O)O[C@@H]1C(=O)Nc1ccccc1C(=O)O. The zero-order valence-corrected chi connectivity index (χ0v) is 19.5. The van der Waals surface area contributed by atoms with Crippen molar-refractivity contribution in [2.24, 2.45) is 0 Å². The lowest BCUT2D eigenvalue weighted by atomic mass is 9.95. The number of hydrogen-bond donors (Lipinski definition) is 7. The van der Waals surface area contributed by atoms with E-state index in [9.17, 15) is 39.9 Å². The van der Waals surface area contributed by atoms with Crippen LogP contribution in [0.2, 0.25) is 0 Å². The number of methoxy groups -OCH3 is 1. The van der Waals surface area contributed by atoms with E-state index in [0.717, 1.165) is 0 Å². The van der Waals surface area contributed by atoms with Crippen LogP contribution in [-0.4, -0.2) is 119 Å². The molecular weight excluding hydrogens is 484 g/mol. The average molecular weight is 514 g/mol. The maximum absolute atomic E-state index is 13.1. The lowest BCUT2D eigenvalue weighted by Gasteiger charge is -2.45. The predicted molar refractivity (Wildman–Crippen MR) is 119 cm³/mol. The minimum atomic E-state index is -1.74. The second kappa shape index (κ2) is 12.0. The van der Waals surface area contributed by atoms with Crippen molar-refractivity contribution in [3.05, 3.63) is 29.8 Å². The van der Waals surface area contributed by atoms with Crippen LogP contribution in [0.3, 0.4) is 0 Å². The van der Waals surface area contributed by atoms with Gasteiger partial charge in [0.25, 0.3) is 5.91 Å². The maximum Gasteiger partial charge on any atom is 0.337 e. The molecule has 2 aliphatic rings. The van der Waals surface area contributed by atoms with Gasteiger partial charge in [-0.25, -0.2) is 4.79 Å². The van der Waals surface area contributed by atoms with E-state index in [1.165, 1.54) is 38.3 Å². The highest BCUT2D eigenvalue weighted by atomic mass is 16.7. The highest BCUT2D eigenvalue weighted by Crippen LogP contribution is 2.29. The average Bonchev–Trinajstić information content (AvgIpc) is 2.83. The summed E-state index contributed by atoms with van der Waals surface area (Å²) in [5.74, 6) is -2.65.